The van der Waals surface area contributed by atoms with Crippen LogP contribution in [-0.2, 0) is 0 Å². The van der Waals surface area contributed by atoms with Crippen molar-refractivity contribution in [2.45, 2.75) is 0 Å². The van der Waals surface area contributed by atoms with Gasteiger partial charge in [0.15, 0.2) is 0 Å². The van der Waals surface area contributed by atoms with E-state index < -0.39 is 0 Å². The van der Waals surface area contributed by atoms with Crippen molar-refractivity contribution in [3.05, 3.63) is 43.0 Å². The van der Waals surface area contributed by atoms with Crippen LogP contribution in [0.3, 0.4) is 0 Å². The first-order valence-electron chi connectivity index (χ1n) is 3.28. The highest BCUT2D eigenvalue weighted by molar-refractivity contribution is 5.26. The Bertz CT molecular complexity index is 312. The highest BCUT2D eigenvalue weighted by atomic mass is 15.3. The second-order valence-electron chi connectivity index (χ2n) is 2.09. The van der Waals surface area contributed by atoms with Gasteiger partial charge in [0.05, 0.1) is 11.9 Å². The first-order valence-corrected chi connectivity index (χ1v) is 3.28. The smallest absolute Gasteiger partial charge is 0.0676 e. The molecule has 1 radical (unpaired) electrons. The van der Waals surface area contributed by atoms with Gasteiger partial charge in [-0.25, -0.2) is 4.68 Å². The lowest BCUT2D eigenvalue weighted by atomic mass is 10.4. The fourth-order valence-electron chi connectivity index (χ4n) is 0.871. The molecule has 0 unspecified atom stereocenters. The molecule has 2 aromatic rings. The molecule has 2 heterocycles. The van der Waals surface area contributed by atoms with Gasteiger partial charge < -0.3 is 0 Å². The third-order valence-corrected chi connectivity index (χ3v) is 1.38. The van der Waals surface area contributed by atoms with Gasteiger partial charge in [0.25, 0.3) is 0 Å². The van der Waals surface area contributed by atoms with E-state index in [9.17, 15) is 0 Å². The van der Waals surface area contributed by atoms with E-state index in [2.05, 4.69) is 16.1 Å². The maximum Gasteiger partial charge on any atom is 0.0676 e. The Morgan fingerprint density at radius 1 is 1.27 bits per heavy atom. The molecule has 3 nitrogen and oxygen atoms in total. The molecule has 0 aliphatic carbocycles. The maximum atomic E-state index is 4.02. The number of hydrogen-bond donors (Lipinski definition) is 0. The van der Waals surface area contributed by atoms with E-state index in [1.807, 2.05) is 12.1 Å². The summed E-state index contributed by atoms with van der Waals surface area (Å²) in [4.78, 5) is 3.90. The summed E-state index contributed by atoms with van der Waals surface area (Å²) in [5, 5.41) is 4.02. The van der Waals surface area contributed by atoms with Crippen LogP contribution in [0.1, 0.15) is 0 Å². The van der Waals surface area contributed by atoms with Gasteiger partial charge in [-0.05, 0) is 12.1 Å². The summed E-state index contributed by atoms with van der Waals surface area (Å²) >= 11 is 0. The summed E-state index contributed by atoms with van der Waals surface area (Å²) in [6, 6.07) is 6.64. The minimum absolute atomic E-state index is 1.00. The predicted molar refractivity (Wildman–Crippen MR) is 40.2 cm³/mol. The summed E-state index contributed by atoms with van der Waals surface area (Å²) in [6.07, 6.45) is 6.86. The molecule has 0 bridgehead atoms. The Kier molecular flexibility index (Phi) is 1.41. The van der Waals surface area contributed by atoms with Crippen molar-refractivity contribution >= 4 is 0 Å². The Morgan fingerprint density at radius 3 is 2.73 bits per heavy atom. The summed E-state index contributed by atoms with van der Waals surface area (Å²) in [7, 11) is 0. The van der Waals surface area contributed by atoms with Gasteiger partial charge in [0, 0.05) is 24.7 Å². The fourth-order valence-corrected chi connectivity index (χ4v) is 0.871. The lowest BCUT2D eigenvalue weighted by molar-refractivity contribution is 0.877. The molecule has 2 rings (SSSR count). The molecule has 0 saturated carbocycles. The van der Waals surface area contributed by atoms with Crippen LogP contribution >= 0.6 is 0 Å². The van der Waals surface area contributed by atoms with E-state index >= 15 is 0 Å². The summed E-state index contributed by atoms with van der Waals surface area (Å²) < 4.78 is 1.74. The van der Waals surface area contributed by atoms with Crippen LogP contribution in [0.25, 0.3) is 5.69 Å². The van der Waals surface area contributed by atoms with Gasteiger partial charge in [-0.1, -0.05) is 0 Å². The number of pyridine rings is 1. The fraction of sp³-hybridized carbons (Fsp3) is 0. The zero-order valence-corrected chi connectivity index (χ0v) is 5.81. The van der Waals surface area contributed by atoms with Crippen molar-refractivity contribution in [3.63, 3.8) is 0 Å². The minimum Gasteiger partial charge on any atom is -0.265 e. The van der Waals surface area contributed by atoms with E-state index in [-0.39, 0.29) is 0 Å². The SMILES string of the molecule is [c]1cnn(-c2ccncc2)c1. The van der Waals surface area contributed by atoms with Crippen LogP contribution < -0.4 is 0 Å². The first-order chi connectivity index (χ1) is 5.47. The van der Waals surface area contributed by atoms with Crippen LogP contribution in [-0.4, -0.2) is 14.8 Å². The van der Waals surface area contributed by atoms with Gasteiger partial charge in [0.1, 0.15) is 0 Å². The Balaban J connectivity index is 2.46. The predicted octanol–water partition coefficient (Wildman–Crippen LogP) is 1.07. The molecule has 0 aliphatic heterocycles. The summed E-state index contributed by atoms with van der Waals surface area (Å²) in [5.41, 5.74) is 1.00. The molecule has 11 heavy (non-hydrogen) atoms. The van der Waals surface area contributed by atoms with Crippen LogP contribution in [0.4, 0.5) is 0 Å². The standard InChI is InChI=1S/C8H6N3/c1-4-10-11(7-1)8-2-5-9-6-3-8/h2-7H. The number of hydrogen-bond acceptors (Lipinski definition) is 2. The largest absolute Gasteiger partial charge is 0.265 e. The van der Waals surface area contributed by atoms with Crippen molar-refractivity contribution in [1.82, 2.24) is 14.8 Å². The average molecular weight is 144 g/mol. The highest BCUT2D eigenvalue weighted by Crippen LogP contribution is 2.01. The van der Waals surface area contributed by atoms with E-state index in [1.165, 1.54) is 0 Å². The molecular weight excluding hydrogens is 138 g/mol. The second kappa shape index (κ2) is 2.54. The van der Waals surface area contributed by atoms with Crippen LogP contribution in [0.5, 0.6) is 0 Å². The third-order valence-electron chi connectivity index (χ3n) is 1.38. The van der Waals surface area contributed by atoms with Gasteiger partial charge in [-0.3, -0.25) is 4.98 Å². The normalized spacial score (nSPS) is 9.82. The van der Waals surface area contributed by atoms with Crippen molar-refractivity contribution in [3.8, 4) is 5.69 Å². The molecule has 0 atom stereocenters. The van der Waals surface area contributed by atoms with E-state index in [1.54, 1.807) is 29.5 Å². The van der Waals surface area contributed by atoms with E-state index in [0.29, 0.717) is 0 Å². The third kappa shape index (κ3) is 1.12. The number of rotatable bonds is 1. The summed E-state index contributed by atoms with van der Waals surface area (Å²) in [6.45, 7) is 0. The Morgan fingerprint density at radius 2 is 2.09 bits per heavy atom. The molecule has 0 amide bonds. The van der Waals surface area contributed by atoms with Crippen molar-refractivity contribution in [2.24, 2.45) is 0 Å². The lowest BCUT2D eigenvalue weighted by Gasteiger charge is -1.97. The number of aromatic nitrogens is 3. The van der Waals surface area contributed by atoms with Crippen LogP contribution in [0, 0.1) is 6.07 Å². The molecule has 0 aromatic carbocycles. The van der Waals surface area contributed by atoms with E-state index in [4.69, 9.17) is 0 Å². The zero-order chi connectivity index (χ0) is 7.52. The van der Waals surface area contributed by atoms with E-state index in [0.717, 1.165) is 5.69 Å². The molecular formula is C8H6N3. The topological polar surface area (TPSA) is 30.7 Å². The zero-order valence-electron chi connectivity index (χ0n) is 5.81. The Labute approximate surface area is 64.3 Å². The summed E-state index contributed by atoms with van der Waals surface area (Å²) in [5.74, 6) is 0. The molecule has 0 aliphatic rings. The van der Waals surface area contributed by atoms with Gasteiger partial charge in [-0.2, -0.15) is 5.10 Å². The van der Waals surface area contributed by atoms with Crippen LogP contribution in [0.2, 0.25) is 0 Å². The molecule has 0 saturated heterocycles. The minimum atomic E-state index is 1.00. The number of nitrogens with zero attached hydrogens (tertiary/aromatic N) is 3. The molecule has 53 valence electrons. The molecule has 3 heteroatoms. The van der Waals surface area contributed by atoms with Crippen molar-refractivity contribution < 1.29 is 0 Å². The average Bonchev–Trinajstić information content (AvgIpc) is 2.58. The van der Waals surface area contributed by atoms with Crippen LogP contribution in [0.15, 0.2) is 36.9 Å². The van der Waals surface area contributed by atoms with Gasteiger partial charge >= 0.3 is 0 Å². The monoisotopic (exact) mass is 144 g/mol. The second-order valence-corrected chi connectivity index (χ2v) is 2.09. The Hall–Kier alpha value is -1.64. The van der Waals surface area contributed by atoms with Crippen molar-refractivity contribution in [2.75, 3.05) is 0 Å². The molecule has 0 spiro atoms. The first kappa shape index (κ1) is 6.09. The van der Waals surface area contributed by atoms with Gasteiger partial charge in [-0.15, -0.1) is 0 Å². The molecule has 0 N–H and O–H groups in total. The highest BCUT2D eigenvalue weighted by Gasteiger charge is 1.91. The van der Waals surface area contributed by atoms with Crippen molar-refractivity contribution in [1.29, 1.82) is 0 Å². The lowest BCUT2D eigenvalue weighted by Crippen LogP contribution is -1.92. The maximum absolute atomic E-state index is 4.02. The molecule has 0 fully saturated rings. The van der Waals surface area contributed by atoms with Gasteiger partial charge in [0.2, 0.25) is 0 Å². The quantitative estimate of drug-likeness (QED) is 0.599. The molecule has 2 aromatic heterocycles.